The molecule has 1 saturated heterocycles. The van der Waals surface area contributed by atoms with Gasteiger partial charge in [0.15, 0.2) is 0 Å². The highest BCUT2D eigenvalue weighted by Gasteiger charge is 2.35. The molecule has 0 radical (unpaired) electrons. The number of anilines is 1. The van der Waals surface area contributed by atoms with Crippen LogP contribution in [0.2, 0.25) is 0 Å². The number of nitrogens with one attached hydrogen (secondary N) is 3. The molecule has 2 aliphatic heterocycles. The number of hydrogen-bond acceptors (Lipinski definition) is 5. The predicted octanol–water partition coefficient (Wildman–Crippen LogP) is 2.47. The van der Waals surface area contributed by atoms with Crippen molar-refractivity contribution in [2.75, 3.05) is 18.4 Å². The molecule has 4 rings (SSSR count). The molecule has 2 aliphatic rings. The van der Waals surface area contributed by atoms with Gasteiger partial charge in [-0.25, -0.2) is 4.68 Å². The summed E-state index contributed by atoms with van der Waals surface area (Å²) in [6.45, 7) is 6.45. The fraction of sp³-hybridized carbons (Fsp3) is 0.476. The Morgan fingerprint density at radius 2 is 2.15 bits per heavy atom. The second-order valence-electron chi connectivity index (χ2n) is 8.04. The standard InChI is InChI=1S/C21H30N6/c1-15(2)18-14-24-27-20(18)26-19(25-17-9-6-10-23-13-17)12-21(27,22)11-16-7-4-3-5-8-16/h3-5,7-8,12,14-15,17,23,25-26H,6,9-11,13,22H2,1-2H3. The zero-order valence-corrected chi connectivity index (χ0v) is 16.2. The van der Waals surface area contributed by atoms with Crippen LogP contribution < -0.4 is 21.7 Å². The van der Waals surface area contributed by atoms with E-state index in [1.165, 1.54) is 24.0 Å². The first-order chi connectivity index (χ1) is 13.0. The molecule has 0 amide bonds. The molecule has 27 heavy (non-hydrogen) atoms. The van der Waals surface area contributed by atoms with Gasteiger partial charge in [0.1, 0.15) is 17.3 Å². The third-order valence-electron chi connectivity index (χ3n) is 5.45. The van der Waals surface area contributed by atoms with E-state index in [0.29, 0.717) is 18.4 Å². The molecule has 0 aliphatic carbocycles. The van der Waals surface area contributed by atoms with Gasteiger partial charge in [-0.1, -0.05) is 44.2 Å². The second kappa shape index (κ2) is 7.37. The van der Waals surface area contributed by atoms with Crippen LogP contribution in [0.15, 0.2) is 48.4 Å². The van der Waals surface area contributed by atoms with E-state index in [4.69, 9.17) is 5.73 Å². The minimum absolute atomic E-state index is 0.373. The monoisotopic (exact) mass is 366 g/mol. The highest BCUT2D eigenvalue weighted by molar-refractivity contribution is 5.54. The van der Waals surface area contributed by atoms with E-state index in [9.17, 15) is 0 Å². The van der Waals surface area contributed by atoms with Crippen molar-refractivity contribution >= 4 is 5.82 Å². The molecular formula is C21H30N6. The number of rotatable bonds is 5. The van der Waals surface area contributed by atoms with E-state index in [0.717, 1.165) is 24.7 Å². The van der Waals surface area contributed by atoms with Gasteiger partial charge in [0.05, 0.1) is 6.20 Å². The smallest absolute Gasteiger partial charge is 0.138 e. The zero-order valence-electron chi connectivity index (χ0n) is 16.2. The minimum atomic E-state index is -0.709. The van der Waals surface area contributed by atoms with Crippen LogP contribution in [-0.4, -0.2) is 28.9 Å². The number of hydrogen-bond donors (Lipinski definition) is 4. The van der Waals surface area contributed by atoms with Crippen LogP contribution in [0.25, 0.3) is 0 Å². The third-order valence-corrected chi connectivity index (χ3v) is 5.45. The second-order valence-corrected chi connectivity index (χ2v) is 8.04. The molecule has 6 heteroatoms. The Hall–Kier alpha value is -2.31. The summed E-state index contributed by atoms with van der Waals surface area (Å²) in [5.74, 6) is 2.35. The summed E-state index contributed by atoms with van der Waals surface area (Å²) < 4.78 is 1.94. The van der Waals surface area contributed by atoms with Crippen molar-refractivity contribution in [1.29, 1.82) is 0 Å². The maximum absolute atomic E-state index is 6.94. The van der Waals surface area contributed by atoms with E-state index in [1.54, 1.807) is 0 Å². The van der Waals surface area contributed by atoms with Crippen LogP contribution in [0, 0.1) is 0 Å². The number of benzene rings is 1. The Bertz CT molecular complexity index is 803. The minimum Gasteiger partial charge on any atom is -0.368 e. The Kier molecular flexibility index (Phi) is 4.93. The van der Waals surface area contributed by atoms with Crippen molar-refractivity contribution in [3.05, 3.63) is 59.6 Å². The normalized spacial score (nSPS) is 24.9. The number of fused-ring (bicyclic) bond motifs is 1. The lowest BCUT2D eigenvalue weighted by atomic mass is 9.97. The van der Waals surface area contributed by atoms with E-state index in [2.05, 4.69) is 65.2 Å². The van der Waals surface area contributed by atoms with Gasteiger partial charge in [-0.15, -0.1) is 0 Å². The predicted molar refractivity (Wildman–Crippen MR) is 109 cm³/mol. The summed E-state index contributed by atoms with van der Waals surface area (Å²) in [5, 5.41) is 15.3. The first-order valence-corrected chi connectivity index (χ1v) is 9.93. The van der Waals surface area contributed by atoms with Crippen molar-refractivity contribution in [2.24, 2.45) is 5.73 Å². The number of nitrogens with two attached hydrogens (primary N) is 1. The van der Waals surface area contributed by atoms with E-state index in [1.807, 2.05) is 16.9 Å². The van der Waals surface area contributed by atoms with Crippen molar-refractivity contribution < 1.29 is 0 Å². The van der Waals surface area contributed by atoms with Gasteiger partial charge in [-0.3, -0.25) is 0 Å². The zero-order chi connectivity index (χ0) is 18.9. The molecular weight excluding hydrogens is 336 g/mol. The summed E-state index contributed by atoms with van der Waals surface area (Å²) in [6.07, 6.45) is 7.09. The van der Waals surface area contributed by atoms with Crippen LogP contribution in [0.3, 0.4) is 0 Å². The van der Waals surface area contributed by atoms with Gasteiger partial charge >= 0.3 is 0 Å². The van der Waals surface area contributed by atoms with Gasteiger partial charge in [-0.05, 0) is 36.9 Å². The highest BCUT2D eigenvalue weighted by Crippen LogP contribution is 2.34. The Morgan fingerprint density at radius 3 is 2.85 bits per heavy atom. The Balaban J connectivity index is 1.68. The maximum atomic E-state index is 6.94. The molecule has 1 aromatic heterocycles. The molecule has 2 aromatic rings. The van der Waals surface area contributed by atoms with Crippen LogP contribution >= 0.6 is 0 Å². The summed E-state index contributed by atoms with van der Waals surface area (Å²) in [4.78, 5) is 0. The van der Waals surface area contributed by atoms with Crippen LogP contribution in [0.1, 0.15) is 43.7 Å². The first kappa shape index (κ1) is 18.1. The first-order valence-electron chi connectivity index (χ1n) is 9.93. The van der Waals surface area contributed by atoms with Crippen LogP contribution in [-0.2, 0) is 12.1 Å². The van der Waals surface area contributed by atoms with E-state index >= 15 is 0 Å². The van der Waals surface area contributed by atoms with Gasteiger partial charge in [0.2, 0.25) is 0 Å². The SMILES string of the molecule is CC(C)c1cnn2c1NC(NC1CCCNC1)=CC2(N)Cc1ccccc1. The largest absolute Gasteiger partial charge is 0.368 e. The van der Waals surface area contributed by atoms with Crippen molar-refractivity contribution in [2.45, 2.75) is 50.7 Å². The molecule has 5 N–H and O–H groups in total. The van der Waals surface area contributed by atoms with Crippen molar-refractivity contribution in [3.63, 3.8) is 0 Å². The summed E-state index contributed by atoms with van der Waals surface area (Å²) in [6, 6.07) is 10.8. The number of nitrogens with zero attached hydrogens (tertiary/aromatic N) is 2. The van der Waals surface area contributed by atoms with Gasteiger partial charge in [-0.2, -0.15) is 5.10 Å². The van der Waals surface area contributed by atoms with Gasteiger partial charge in [0, 0.05) is 24.6 Å². The van der Waals surface area contributed by atoms with E-state index in [-0.39, 0.29) is 0 Å². The molecule has 0 bridgehead atoms. The molecule has 1 fully saturated rings. The quantitative estimate of drug-likeness (QED) is 0.654. The van der Waals surface area contributed by atoms with Gasteiger partial charge in [0.25, 0.3) is 0 Å². The average molecular weight is 367 g/mol. The topological polar surface area (TPSA) is 79.9 Å². The number of aromatic nitrogens is 2. The highest BCUT2D eigenvalue weighted by atomic mass is 15.4. The molecule has 0 saturated carbocycles. The lowest BCUT2D eigenvalue weighted by Gasteiger charge is -2.36. The Morgan fingerprint density at radius 1 is 1.33 bits per heavy atom. The fourth-order valence-corrected chi connectivity index (χ4v) is 4.02. The summed E-state index contributed by atoms with van der Waals surface area (Å²) >= 11 is 0. The van der Waals surface area contributed by atoms with E-state index < -0.39 is 5.66 Å². The molecule has 6 nitrogen and oxygen atoms in total. The fourth-order valence-electron chi connectivity index (χ4n) is 4.02. The molecule has 3 heterocycles. The van der Waals surface area contributed by atoms with Crippen molar-refractivity contribution in [3.8, 4) is 0 Å². The number of piperidine rings is 1. The molecule has 1 aromatic carbocycles. The van der Waals surface area contributed by atoms with Crippen LogP contribution in [0.4, 0.5) is 5.82 Å². The molecule has 2 unspecified atom stereocenters. The van der Waals surface area contributed by atoms with Crippen molar-refractivity contribution in [1.82, 2.24) is 20.4 Å². The average Bonchev–Trinajstić information content (AvgIpc) is 3.08. The Labute approximate surface area is 161 Å². The molecule has 0 spiro atoms. The summed E-state index contributed by atoms with van der Waals surface area (Å²) in [7, 11) is 0. The lowest BCUT2D eigenvalue weighted by molar-refractivity contribution is 0.333. The van der Waals surface area contributed by atoms with Crippen LogP contribution in [0.5, 0.6) is 0 Å². The molecule has 2 atom stereocenters. The van der Waals surface area contributed by atoms with Gasteiger partial charge < -0.3 is 21.7 Å². The molecule has 144 valence electrons. The maximum Gasteiger partial charge on any atom is 0.138 e. The summed E-state index contributed by atoms with van der Waals surface area (Å²) in [5.41, 5.74) is 8.62. The lowest BCUT2D eigenvalue weighted by Crippen LogP contribution is -2.51. The third kappa shape index (κ3) is 3.73.